The smallest absolute Gasteiger partial charge is 0.272 e. The van der Waals surface area contributed by atoms with E-state index in [4.69, 9.17) is 4.74 Å². The van der Waals surface area contributed by atoms with E-state index >= 15 is 0 Å². The molecule has 0 saturated heterocycles. The molecule has 1 atom stereocenters. The Morgan fingerprint density at radius 2 is 1.97 bits per heavy atom. The summed E-state index contributed by atoms with van der Waals surface area (Å²) in [7, 11) is 0. The summed E-state index contributed by atoms with van der Waals surface area (Å²) < 4.78 is 21.0. The van der Waals surface area contributed by atoms with Gasteiger partial charge in [-0.3, -0.25) is 9.78 Å². The van der Waals surface area contributed by atoms with Crippen LogP contribution in [0.2, 0.25) is 0 Å². The number of aromatic nitrogens is 3. The van der Waals surface area contributed by atoms with Gasteiger partial charge in [0.1, 0.15) is 18.2 Å². The maximum Gasteiger partial charge on any atom is 0.272 e. The maximum absolute atomic E-state index is 13.4. The van der Waals surface area contributed by atoms with E-state index in [2.05, 4.69) is 15.4 Å². The van der Waals surface area contributed by atoms with Crippen LogP contribution in [0.25, 0.3) is 5.69 Å². The Hall–Kier alpha value is -4.00. The molecule has 0 fully saturated rings. The number of halogens is 1. The highest BCUT2D eigenvalue weighted by Crippen LogP contribution is 2.28. The van der Waals surface area contributed by atoms with E-state index in [0.717, 1.165) is 47.5 Å². The molecule has 1 N–H and O–H groups in total. The van der Waals surface area contributed by atoms with Gasteiger partial charge in [0.2, 0.25) is 0 Å². The zero-order valence-corrected chi connectivity index (χ0v) is 18.9. The SMILES string of the molecule is CC(NC(=O)c1nn(-c2ccc(F)cc2)c2c1CCC2)c1cccc(OCc2ccccn2)c1. The quantitative estimate of drug-likeness (QED) is 0.427. The van der Waals surface area contributed by atoms with Gasteiger partial charge in [-0.15, -0.1) is 0 Å². The first-order chi connectivity index (χ1) is 16.6. The highest BCUT2D eigenvalue weighted by molar-refractivity contribution is 5.94. The van der Waals surface area contributed by atoms with Crippen LogP contribution in [0.5, 0.6) is 5.75 Å². The number of carbonyl (C=O) groups is 1. The molecule has 5 rings (SSSR count). The topological polar surface area (TPSA) is 69.0 Å². The molecule has 4 aromatic rings. The summed E-state index contributed by atoms with van der Waals surface area (Å²) in [6.07, 6.45) is 4.36. The van der Waals surface area contributed by atoms with Crippen molar-refractivity contribution in [3.8, 4) is 11.4 Å². The largest absolute Gasteiger partial charge is 0.487 e. The lowest BCUT2D eigenvalue weighted by Crippen LogP contribution is -2.28. The molecule has 0 bridgehead atoms. The molecule has 1 aliphatic rings. The van der Waals surface area contributed by atoms with Crippen LogP contribution in [0.3, 0.4) is 0 Å². The molecule has 0 saturated carbocycles. The molecule has 0 spiro atoms. The van der Waals surface area contributed by atoms with Crippen LogP contribution in [0, 0.1) is 5.82 Å². The first-order valence-corrected chi connectivity index (χ1v) is 11.4. The lowest BCUT2D eigenvalue weighted by Gasteiger charge is -2.15. The summed E-state index contributed by atoms with van der Waals surface area (Å²) in [6.45, 7) is 2.31. The lowest BCUT2D eigenvalue weighted by molar-refractivity contribution is 0.0933. The number of hydrogen-bond acceptors (Lipinski definition) is 4. The predicted octanol–water partition coefficient (Wildman–Crippen LogP) is 4.97. The molecular weight excluding hydrogens is 431 g/mol. The van der Waals surface area contributed by atoms with Crippen LogP contribution in [0.15, 0.2) is 72.9 Å². The molecular formula is C27H25FN4O2. The predicted molar refractivity (Wildman–Crippen MR) is 126 cm³/mol. The third kappa shape index (κ3) is 4.55. The number of benzene rings is 2. The second kappa shape index (κ2) is 9.47. The zero-order valence-electron chi connectivity index (χ0n) is 18.9. The number of amides is 1. The van der Waals surface area contributed by atoms with Gasteiger partial charge in [0.15, 0.2) is 5.69 Å². The van der Waals surface area contributed by atoms with Crippen molar-refractivity contribution < 1.29 is 13.9 Å². The van der Waals surface area contributed by atoms with Gasteiger partial charge >= 0.3 is 0 Å². The molecule has 1 amide bonds. The Morgan fingerprint density at radius 1 is 1.12 bits per heavy atom. The first kappa shape index (κ1) is 21.8. The molecule has 0 radical (unpaired) electrons. The molecule has 7 heteroatoms. The van der Waals surface area contributed by atoms with E-state index in [9.17, 15) is 9.18 Å². The number of rotatable bonds is 7. The van der Waals surface area contributed by atoms with Gasteiger partial charge in [-0.2, -0.15) is 5.10 Å². The minimum absolute atomic E-state index is 0.216. The Bertz CT molecular complexity index is 1300. The summed E-state index contributed by atoms with van der Waals surface area (Å²) in [5.41, 5.74) is 4.97. The molecule has 2 aromatic heterocycles. The molecule has 172 valence electrons. The third-order valence-electron chi connectivity index (χ3n) is 6.04. The van der Waals surface area contributed by atoms with Crippen LogP contribution in [0.4, 0.5) is 4.39 Å². The summed E-state index contributed by atoms with van der Waals surface area (Å²) in [5, 5.41) is 7.68. The normalized spacial score (nSPS) is 13.4. The number of ether oxygens (including phenoxy) is 1. The Kier molecular flexibility index (Phi) is 6.08. The van der Waals surface area contributed by atoms with Gasteiger partial charge < -0.3 is 10.1 Å². The zero-order chi connectivity index (χ0) is 23.5. The van der Waals surface area contributed by atoms with Gasteiger partial charge in [-0.1, -0.05) is 18.2 Å². The summed E-state index contributed by atoms with van der Waals surface area (Å²) in [5.74, 6) is 0.197. The minimum Gasteiger partial charge on any atom is -0.487 e. The highest BCUT2D eigenvalue weighted by Gasteiger charge is 2.27. The fourth-order valence-corrected chi connectivity index (χ4v) is 4.28. The van der Waals surface area contributed by atoms with E-state index < -0.39 is 0 Å². The first-order valence-electron chi connectivity index (χ1n) is 11.4. The molecule has 34 heavy (non-hydrogen) atoms. The van der Waals surface area contributed by atoms with Crippen molar-refractivity contribution in [2.24, 2.45) is 0 Å². The molecule has 6 nitrogen and oxygen atoms in total. The van der Waals surface area contributed by atoms with Gasteiger partial charge in [0.25, 0.3) is 5.91 Å². The van der Waals surface area contributed by atoms with Crippen molar-refractivity contribution in [2.75, 3.05) is 0 Å². The molecule has 0 aliphatic heterocycles. The number of fused-ring (bicyclic) bond motifs is 1. The standard InChI is InChI=1S/C27H25FN4O2/c1-18(19-6-4-8-23(16-19)34-17-21-7-2-3-15-29-21)30-27(33)26-24-9-5-10-25(24)32(31-26)22-13-11-20(28)12-14-22/h2-4,6-8,11-16,18H,5,9-10,17H2,1H3,(H,30,33). The van der Waals surface area contributed by atoms with E-state index in [-0.39, 0.29) is 17.8 Å². The summed E-state index contributed by atoms with van der Waals surface area (Å²) in [4.78, 5) is 17.5. The Labute approximate surface area is 197 Å². The average molecular weight is 457 g/mol. The van der Waals surface area contributed by atoms with E-state index in [1.54, 1.807) is 23.0 Å². The van der Waals surface area contributed by atoms with Crippen LogP contribution < -0.4 is 10.1 Å². The van der Waals surface area contributed by atoms with Crippen molar-refractivity contribution in [3.05, 3.63) is 107 Å². The fraction of sp³-hybridized carbons (Fsp3) is 0.222. The Morgan fingerprint density at radius 3 is 2.76 bits per heavy atom. The minimum atomic E-state index is -0.300. The lowest BCUT2D eigenvalue weighted by atomic mass is 10.1. The molecule has 1 aliphatic carbocycles. The average Bonchev–Trinajstić information content (AvgIpc) is 3.47. The fourth-order valence-electron chi connectivity index (χ4n) is 4.28. The van der Waals surface area contributed by atoms with E-state index in [1.165, 1.54) is 12.1 Å². The number of nitrogens with zero attached hydrogens (tertiary/aromatic N) is 3. The van der Waals surface area contributed by atoms with E-state index in [0.29, 0.717) is 18.1 Å². The summed E-state index contributed by atoms with van der Waals surface area (Å²) >= 11 is 0. The summed E-state index contributed by atoms with van der Waals surface area (Å²) in [6, 6.07) is 19.3. The Balaban J connectivity index is 1.31. The van der Waals surface area contributed by atoms with Gasteiger partial charge in [0, 0.05) is 17.5 Å². The van der Waals surface area contributed by atoms with Crippen LogP contribution in [0.1, 0.15) is 52.4 Å². The number of carbonyl (C=O) groups excluding carboxylic acids is 1. The molecule has 2 aromatic carbocycles. The van der Waals surface area contributed by atoms with Gasteiger partial charge in [-0.25, -0.2) is 9.07 Å². The number of nitrogens with one attached hydrogen (secondary N) is 1. The number of hydrogen-bond donors (Lipinski definition) is 1. The van der Waals surface area contributed by atoms with Crippen LogP contribution in [-0.2, 0) is 19.4 Å². The van der Waals surface area contributed by atoms with Crippen molar-refractivity contribution in [2.45, 2.75) is 38.8 Å². The van der Waals surface area contributed by atoms with Crippen LogP contribution in [-0.4, -0.2) is 20.7 Å². The van der Waals surface area contributed by atoms with Gasteiger partial charge in [-0.05, 0) is 80.3 Å². The second-order valence-corrected chi connectivity index (χ2v) is 8.39. The second-order valence-electron chi connectivity index (χ2n) is 8.39. The van der Waals surface area contributed by atoms with Crippen molar-refractivity contribution in [1.29, 1.82) is 0 Å². The highest BCUT2D eigenvalue weighted by atomic mass is 19.1. The van der Waals surface area contributed by atoms with Crippen LogP contribution >= 0.6 is 0 Å². The van der Waals surface area contributed by atoms with Crippen molar-refractivity contribution in [1.82, 2.24) is 20.1 Å². The molecule has 1 unspecified atom stereocenters. The third-order valence-corrected chi connectivity index (χ3v) is 6.04. The van der Waals surface area contributed by atoms with E-state index in [1.807, 2.05) is 49.4 Å². The van der Waals surface area contributed by atoms with Gasteiger partial charge in [0.05, 0.1) is 17.4 Å². The number of pyridine rings is 1. The van der Waals surface area contributed by atoms with Crippen molar-refractivity contribution >= 4 is 5.91 Å². The monoisotopic (exact) mass is 456 g/mol. The van der Waals surface area contributed by atoms with Crippen molar-refractivity contribution in [3.63, 3.8) is 0 Å². The molecule has 2 heterocycles. The maximum atomic E-state index is 13.4.